The zero-order valence-corrected chi connectivity index (χ0v) is 15.9. The Morgan fingerprint density at radius 1 is 1.04 bits per heavy atom. The minimum Gasteiger partial charge on any atom is -0.506 e. The third-order valence-electron chi connectivity index (χ3n) is 3.54. The molecule has 0 unspecified atom stereocenters. The Kier molecular flexibility index (Phi) is 5.20. The van der Waals surface area contributed by atoms with Crippen molar-refractivity contribution in [1.82, 2.24) is 5.32 Å². The summed E-state index contributed by atoms with van der Waals surface area (Å²) in [6.45, 7) is 0. The van der Waals surface area contributed by atoms with E-state index in [1.807, 2.05) is 0 Å². The van der Waals surface area contributed by atoms with Crippen molar-refractivity contribution in [3.05, 3.63) is 62.6 Å². The Bertz CT molecular complexity index is 974. The zero-order valence-electron chi connectivity index (χ0n) is 12.8. The van der Waals surface area contributed by atoms with Gasteiger partial charge in [-0.3, -0.25) is 19.8 Å². The van der Waals surface area contributed by atoms with E-state index in [4.69, 9.17) is 47.0 Å². The summed E-state index contributed by atoms with van der Waals surface area (Å²) < 4.78 is 0. The smallest absolute Gasteiger partial charge is 0.270 e. The first kappa shape index (κ1) is 18.7. The average molecular weight is 428 g/mol. The van der Waals surface area contributed by atoms with Crippen LogP contribution in [-0.2, 0) is 9.59 Å². The SMILES string of the molecule is O=C1NC(=S)N(c2ccc(Cl)cc2)C(=O)/C1=C\c1cc(Cl)cc(Cl)c1O. The van der Waals surface area contributed by atoms with Gasteiger partial charge in [0.05, 0.1) is 10.7 Å². The van der Waals surface area contributed by atoms with E-state index in [-0.39, 0.29) is 32.0 Å². The third-order valence-corrected chi connectivity index (χ3v) is 4.59. The Morgan fingerprint density at radius 2 is 1.69 bits per heavy atom. The molecule has 0 bridgehead atoms. The van der Waals surface area contributed by atoms with Crippen LogP contribution in [0.2, 0.25) is 15.1 Å². The number of benzene rings is 2. The predicted octanol–water partition coefficient (Wildman–Crippen LogP) is 4.18. The summed E-state index contributed by atoms with van der Waals surface area (Å²) in [5.74, 6) is -1.65. The molecule has 0 aliphatic carbocycles. The highest BCUT2D eigenvalue weighted by molar-refractivity contribution is 7.80. The summed E-state index contributed by atoms with van der Waals surface area (Å²) in [6.07, 6.45) is 1.20. The minimum absolute atomic E-state index is 0.00176. The third kappa shape index (κ3) is 3.54. The number of amides is 2. The molecule has 1 aliphatic heterocycles. The van der Waals surface area contributed by atoms with Gasteiger partial charge in [-0.2, -0.15) is 0 Å². The predicted molar refractivity (Wildman–Crippen MR) is 106 cm³/mol. The lowest BCUT2D eigenvalue weighted by Gasteiger charge is -2.29. The Balaban J connectivity index is 2.07. The molecule has 2 aromatic rings. The average Bonchev–Trinajstić information content (AvgIpc) is 2.57. The fourth-order valence-corrected chi connectivity index (χ4v) is 3.25. The lowest BCUT2D eigenvalue weighted by atomic mass is 10.1. The molecule has 0 atom stereocenters. The largest absolute Gasteiger partial charge is 0.506 e. The van der Waals surface area contributed by atoms with Gasteiger partial charge in [-0.15, -0.1) is 0 Å². The maximum Gasteiger partial charge on any atom is 0.270 e. The highest BCUT2D eigenvalue weighted by Crippen LogP contribution is 2.33. The number of carbonyl (C=O) groups is 2. The number of rotatable bonds is 2. The molecular weight excluding hydrogens is 419 g/mol. The molecule has 0 radical (unpaired) electrons. The molecule has 1 saturated heterocycles. The van der Waals surface area contributed by atoms with Crippen molar-refractivity contribution in [3.63, 3.8) is 0 Å². The molecule has 0 saturated carbocycles. The summed E-state index contributed by atoms with van der Waals surface area (Å²) in [6, 6.07) is 9.10. The second-order valence-electron chi connectivity index (χ2n) is 5.26. The molecule has 3 rings (SSSR count). The van der Waals surface area contributed by atoms with Crippen LogP contribution in [0.15, 0.2) is 42.0 Å². The molecule has 1 aliphatic rings. The zero-order chi connectivity index (χ0) is 19.0. The molecule has 0 spiro atoms. The number of carbonyl (C=O) groups excluding carboxylic acids is 2. The summed E-state index contributed by atoms with van der Waals surface area (Å²) in [5.41, 5.74) is 0.329. The molecular formula is C17H9Cl3N2O3S. The molecule has 9 heteroatoms. The first-order valence-electron chi connectivity index (χ1n) is 7.13. The van der Waals surface area contributed by atoms with E-state index in [2.05, 4.69) is 5.32 Å². The minimum atomic E-state index is -0.694. The fourth-order valence-electron chi connectivity index (χ4n) is 2.33. The number of phenols is 1. The van der Waals surface area contributed by atoms with Crippen molar-refractivity contribution in [2.24, 2.45) is 0 Å². The summed E-state index contributed by atoms with van der Waals surface area (Å²) >= 11 is 22.8. The summed E-state index contributed by atoms with van der Waals surface area (Å²) in [4.78, 5) is 26.2. The van der Waals surface area contributed by atoms with Crippen LogP contribution in [-0.4, -0.2) is 22.0 Å². The Labute approximate surface area is 168 Å². The molecule has 26 heavy (non-hydrogen) atoms. The standard InChI is InChI=1S/C17H9Cl3N2O3S/c18-9-1-3-11(4-2-9)22-16(25)12(15(24)21-17(22)26)6-8-5-10(19)7-13(20)14(8)23/h1-7,23H,(H,21,24,26)/b12-6-. The van der Waals surface area contributed by atoms with E-state index < -0.39 is 11.8 Å². The van der Waals surface area contributed by atoms with Crippen molar-refractivity contribution < 1.29 is 14.7 Å². The number of halogens is 3. The van der Waals surface area contributed by atoms with Crippen molar-refractivity contribution in [1.29, 1.82) is 0 Å². The van der Waals surface area contributed by atoms with Gasteiger partial charge in [-0.05, 0) is 54.7 Å². The second-order valence-corrected chi connectivity index (χ2v) is 6.93. The normalized spacial score (nSPS) is 16.2. The van der Waals surface area contributed by atoms with Crippen LogP contribution in [0.5, 0.6) is 5.75 Å². The summed E-state index contributed by atoms with van der Waals surface area (Å²) in [7, 11) is 0. The maximum absolute atomic E-state index is 12.8. The van der Waals surface area contributed by atoms with E-state index in [1.165, 1.54) is 18.2 Å². The number of aromatic hydroxyl groups is 1. The van der Waals surface area contributed by atoms with Gasteiger partial charge in [0.25, 0.3) is 11.8 Å². The van der Waals surface area contributed by atoms with Crippen molar-refractivity contribution in [2.75, 3.05) is 4.90 Å². The molecule has 132 valence electrons. The van der Waals surface area contributed by atoms with Crippen LogP contribution >= 0.6 is 47.0 Å². The van der Waals surface area contributed by atoms with Gasteiger partial charge < -0.3 is 5.11 Å². The molecule has 2 N–H and O–H groups in total. The van der Waals surface area contributed by atoms with Gasteiger partial charge in [0.15, 0.2) is 5.11 Å². The highest BCUT2D eigenvalue weighted by atomic mass is 35.5. The molecule has 0 aromatic heterocycles. The van der Waals surface area contributed by atoms with Crippen molar-refractivity contribution in [3.8, 4) is 5.75 Å². The van der Waals surface area contributed by atoms with E-state index in [9.17, 15) is 14.7 Å². The summed E-state index contributed by atoms with van der Waals surface area (Å²) in [5, 5.41) is 13.2. The van der Waals surface area contributed by atoms with Gasteiger partial charge in [0.1, 0.15) is 11.3 Å². The van der Waals surface area contributed by atoms with Gasteiger partial charge in [-0.1, -0.05) is 34.8 Å². The number of thiocarbonyl (C=S) groups is 1. The molecule has 2 aromatic carbocycles. The van der Waals surface area contributed by atoms with Gasteiger partial charge in [0.2, 0.25) is 0 Å². The number of hydrogen-bond acceptors (Lipinski definition) is 4. The van der Waals surface area contributed by atoms with Crippen LogP contribution in [0.25, 0.3) is 6.08 Å². The van der Waals surface area contributed by atoms with Crippen LogP contribution in [0.1, 0.15) is 5.56 Å². The molecule has 1 fully saturated rings. The quantitative estimate of drug-likeness (QED) is 0.428. The first-order chi connectivity index (χ1) is 12.3. The Morgan fingerprint density at radius 3 is 2.35 bits per heavy atom. The van der Waals surface area contributed by atoms with Crippen molar-refractivity contribution in [2.45, 2.75) is 0 Å². The van der Waals surface area contributed by atoms with Crippen molar-refractivity contribution >= 4 is 75.7 Å². The van der Waals surface area contributed by atoms with E-state index in [0.29, 0.717) is 10.7 Å². The van der Waals surface area contributed by atoms with E-state index >= 15 is 0 Å². The first-order valence-corrected chi connectivity index (χ1v) is 8.67. The fraction of sp³-hybridized carbons (Fsp3) is 0. The number of nitrogens with one attached hydrogen (secondary N) is 1. The molecule has 1 heterocycles. The Hall–Kier alpha value is -2.12. The van der Waals surface area contributed by atoms with E-state index in [1.54, 1.807) is 24.3 Å². The molecule has 2 amide bonds. The second kappa shape index (κ2) is 7.25. The topological polar surface area (TPSA) is 69.6 Å². The van der Waals surface area contributed by atoms with Crippen LogP contribution in [0, 0.1) is 0 Å². The van der Waals surface area contributed by atoms with Crippen LogP contribution in [0.4, 0.5) is 5.69 Å². The lowest BCUT2D eigenvalue weighted by Crippen LogP contribution is -2.54. The van der Waals surface area contributed by atoms with Gasteiger partial charge >= 0.3 is 0 Å². The number of nitrogens with zero attached hydrogens (tertiary/aromatic N) is 1. The van der Waals surface area contributed by atoms with Crippen LogP contribution < -0.4 is 10.2 Å². The molecule has 5 nitrogen and oxygen atoms in total. The van der Waals surface area contributed by atoms with E-state index in [0.717, 1.165) is 4.90 Å². The number of hydrogen-bond donors (Lipinski definition) is 2. The lowest BCUT2D eigenvalue weighted by molar-refractivity contribution is -0.122. The van der Waals surface area contributed by atoms with Crippen LogP contribution in [0.3, 0.4) is 0 Å². The van der Waals surface area contributed by atoms with Gasteiger partial charge in [0, 0.05) is 15.6 Å². The van der Waals surface area contributed by atoms with Gasteiger partial charge in [-0.25, -0.2) is 0 Å². The maximum atomic E-state index is 12.8. The highest BCUT2D eigenvalue weighted by Gasteiger charge is 2.34. The monoisotopic (exact) mass is 426 g/mol. The number of phenolic OH excluding ortho intramolecular Hbond substituents is 1. The number of anilines is 1.